The molecule has 38 heavy (non-hydrogen) atoms. The number of fused-ring (bicyclic) bond motifs is 1. The fourth-order valence-corrected chi connectivity index (χ4v) is 3.84. The van der Waals surface area contributed by atoms with Crippen molar-refractivity contribution in [3.05, 3.63) is 96.5 Å². The molecule has 10 heteroatoms. The van der Waals surface area contributed by atoms with Crippen LogP contribution in [0.4, 0.5) is 17.6 Å². The maximum absolute atomic E-state index is 14.5. The molecule has 3 aromatic rings. The number of nitrogens with zero attached hydrogens (tertiary/aromatic N) is 3. The lowest BCUT2D eigenvalue weighted by atomic mass is 9.91. The highest BCUT2D eigenvalue weighted by Gasteiger charge is 2.56. The Morgan fingerprint density at radius 3 is 2.50 bits per heavy atom. The highest BCUT2D eigenvalue weighted by atomic mass is 19.4. The lowest BCUT2D eigenvalue weighted by molar-refractivity contribution is -0.270. The van der Waals surface area contributed by atoms with E-state index in [2.05, 4.69) is 5.10 Å². The summed E-state index contributed by atoms with van der Waals surface area (Å²) in [5.41, 5.74) is -2.46. The summed E-state index contributed by atoms with van der Waals surface area (Å²) in [5, 5.41) is 15.8. The Morgan fingerprint density at radius 1 is 1.16 bits per heavy atom. The number of rotatable bonds is 11. The summed E-state index contributed by atoms with van der Waals surface area (Å²) in [6.07, 6.45) is 4.81. The minimum Gasteiger partial charge on any atom is -0.505 e. The number of aliphatic hydroxyl groups is 1. The van der Waals surface area contributed by atoms with Gasteiger partial charge in [0.2, 0.25) is 5.60 Å². The van der Waals surface area contributed by atoms with Crippen molar-refractivity contribution in [2.45, 2.75) is 38.1 Å². The Hall–Kier alpha value is -3.79. The van der Waals surface area contributed by atoms with Gasteiger partial charge in [-0.2, -0.15) is 18.3 Å². The summed E-state index contributed by atoms with van der Waals surface area (Å²) in [6.45, 7) is 2.70. The van der Waals surface area contributed by atoms with E-state index in [9.17, 15) is 22.7 Å². The minimum atomic E-state index is -4.99. The predicted octanol–water partition coefficient (Wildman–Crippen LogP) is 6.22. The van der Waals surface area contributed by atoms with E-state index in [1.165, 1.54) is 84.9 Å². The molecule has 0 aliphatic rings. The minimum absolute atomic E-state index is 0.326. The van der Waals surface area contributed by atoms with E-state index >= 15 is 0 Å². The summed E-state index contributed by atoms with van der Waals surface area (Å²) >= 11 is 0. The van der Waals surface area contributed by atoms with Crippen molar-refractivity contribution in [2.24, 2.45) is 0 Å². The predicted molar refractivity (Wildman–Crippen MR) is 138 cm³/mol. The van der Waals surface area contributed by atoms with E-state index in [1.54, 1.807) is 32.1 Å². The second kappa shape index (κ2) is 12.2. The van der Waals surface area contributed by atoms with E-state index in [1.807, 2.05) is 0 Å². The van der Waals surface area contributed by atoms with E-state index < -0.39 is 30.2 Å². The second-order valence-electron chi connectivity index (χ2n) is 8.78. The van der Waals surface area contributed by atoms with Crippen LogP contribution in [-0.4, -0.2) is 52.8 Å². The van der Waals surface area contributed by atoms with Gasteiger partial charge in [-0.3, -0.25) is 0 Å². The number of benzene rings is 2. The maximum atomic E-state index is 14.5. The van der Waals surface area contributed by atoms with Gasteiger partial charge >= 0.3 is 6.18 Å². The third kappa shape index (κ3) is 6.55. The highest BCUT2D eigenvalue weighted by molar-refractivity contribution is 5.81. The number of allylic oxidation sites excluding steroid dienone is 3. The Labute approximate surface area is 219 Å². The molecule has 0 radical (unpaired) electrons. The first-order valence-corrected chi connectivity index (χ1v) is 11.9. The Balaban J connectivity index is 2.00. The number of aromatic nitrogens is 2. The van der Waals surface area contributed by atoms with Crippen molar-refractivity contribution in [1.29, 1.82) is 0 Å². The molecule has 0 saturated carbocycles. The Morgan fingerprint density at radius 2 is 1.87 bits per heavy atom. The van der Waals surface area contributed by atoms with Crippen molar-refractivity contribution in [3.8, 4) is 5.69 Å². The summed E-state index contributed by atoms with van der Waals surface area (Å²) in [5.74, 6) is 0.260. The molecule has 0 aliphatic heterocycles. The van der Waals surface area contributed by atoms with Crippen LogP contribution in [0.1, 0.15) is 25.8 Å². The zero-order valence-corrected chi connectivity index (χ0v) is 21.6. The molecule has 0 fully saturated rings. The molecule has 2 atom stereocenters. The molecule has 0 bridgehead atoms. The summed E-state index contributed by atoms with van der Waals surface area (Å²) in [4.78, 5) is 1.39. The number of alkyl halides is 3. The van der Waals surface area contributed by atoms with E-state index in [0.717, 1.165) is 0 Å². The van der Waals surface area contributed by atoms with Gasteiger partial charge in [0.05, 0.1) is 50.2 Å². The molecule has 0 aliphatic carbocycles. The van der Waals surface area contributed by atoms with Crippen molar-refractivity contribution < 1.29 is 32.1 Å². The van der Waals surface area contributed by atoms with E-state index in [0.29, 0.717) is 28.8 Å². The van der Waals surface area contributed by atoms with Crippen LogP contribution in [-0.2, 0) is 15.1 Å². The van der Waals surface area contributed by atoms with Gasteiger partial charge in [-0.1, -0.05) is 12.1 Å². The number of methoxy groups -OCH3 is 2. The molecule has 0 spiro atoms. The SMILES string of the molecule is CO/C=C/C(C)N(/C=C\C/C=C(\C)OC)CC(O)(c1ccc2c(cnn2-c2ccc(F)cc2)c1)C(F)(F)F. The van der Waals surface area contributed by atoms with Gasteiger partial charge in [0.1, 0.15) is 5.82 Å². The summed E-state index contributed by atoms with van der Waals surface area (Å²) < 4.78 is 68.3. The van der Waals surface area contributed by atoms with Crippen LogP contribution in [0.15, 0.2) is 85.1 Å². The van der Waals surface area contributed by atoms with Gasteiger partial charge in [-0.05, 0) is 80.6 Å². The summed E-state index contributed by atoms with van der Waals surface area (Å²) in [7, 11) is 2.97. The smallest absolute Gasteiger partial charge is 0.423 e. The van der Waals surface area contributed by atoms with Crippen LogP contribution in [0.25, 0.3) is 16.6 Å². The number of hydrogen-bond acceptors (Lipinski definition) is 5. The van der Waals surface area contributed by atoms with Crippen molar-refractivity contribution in [3.63, 3.8) is 0 Å². The molecule has 2 aromatic carbocycles. The maximum Gasteiger partial charge on any atom is 0.423 e. The molecule has 0 saturated heterocycles. The van der Waals surface area contributed by atoms with E-state index in [-0.39, 0.29) is 5.56 Å². The molecule has 1 N–H and O–H groups in total. The van der Waals surface area contributed by atoms with Gasteiger partial charge in [0.15, 0.2) is 0 Å². The average molecular weight is 534 g/mol. The first-order chi connectivity index (χ1) is 18.0. The fraction of sp³-hybridized carbons (Fsp3) is 0.321. The van der Waals surface area contributed by atoms with Crippen molar-refractivity contribution in [2.75, 3.05) is 20.8 Å². The van der Waals surface area contributed by atoms with Gasteiger partial charge in [-0.15, -0.1) is 0 Å². The Bertz CT molecular complexity index is 1300. The van der Waals surface area contributed by atoms with Gasteiger partial charge < -0.3 is 19.5 Å². The third-order valence-corrected chi connectivity index (χ3v) is 6.17. The van der Waals surface area contributed by atoms with Crippen LogP contribution in [0.2, 0.25) is 0 Å². The largest absolute Gasteiger partial charge is 0.505 e. The molecule has 204 valence electrons. The van der Waals surface area contributed by atoms with Crippen LogP contribution in [0.5, 0.6) is 0 Å². The van der Waals surface area contributed by atoms with Crippen molar-refractivity contribution in [1.82, 2.24) is 14.7 Å². The third-order valence-electron chi connectivity index (χ3n) is 6.17. The molecule has 1 aromatic heterocycles. The van der Waals surface area contributed by atoms with Gasteiger partial charge in [0, 0.05) is 11.4 Å². The zero-order valence-electron chi connectivity index (χ0n) is 21.6. The number of hydrogen-bond donors (Lipinski definition) is 1. The Kier molecular flexibility index (Phi) is 9.22. The zero-order chi connectivity index (χ0) is 27.9. The molecular weight excluding hydrogens is 502 g/mol. The fourth-order valence-electron chi connectivity index (χ4n) is 3.84. The molecule has 1 heterocycles. The number of halogens is 4. The first-order valence-electron chi connectivity index (χ1n) is 11.9. The van der Waals surface area contributed by atoms with Crippen LogP contribution < -0.4 is 0 Å². The molecule has 2 unspecified atom stereocenters. The second-order valence-corrected chi connectivity index (χ2v) is 8.78. The molecule has 6 nitrogen and oxygen atoms in total. The van der Waals surface area contributed by atoms with Gasteiger partial charge in [-0.25, -0.2) is 9.07 Å². The molecule has 3 rings (SSSR count). The first kappa shape index (κ1) is 28.8. The lowest BCUT2D eigenvalue weighted by Gasteiger charge is -2.37. The lowest BCUT2D eigenvalue weighted by Crippen LogP contribution is -2.51. The van der Waals surface area contributed by atoms with Crippen LogP contribution in [0.3, 0.4) is 0 Å². The normalized spacial score (nSPS) is 15.2. The highest BCUT2D eigenvalue weighted by Crippen LogP contribution is 2.41. The number of ether oxygens (including phenoxy) is 2. The van der Waals surface area contributed by atoms with Crippen molar-refractivity contribution >= 4 is 10.9 Å². The average Bonchev–Trinajstić information content (AvgIpc) is 3.31. The van der Waals surface area contributed by atoms with Gasteiger partial charge in [0.25, 0.3) is 0 Å². The monoisotopic (exact) mass is 533 g/mol. The molecule has 0 amide bonds. The molecular formula is C28H31F4N3O3. The summed E-state index contributed by atoms with van der Waals surface area (Å²) in [6, 6.07) is 9.02. The van der Waals surface area contributed by atoms with Crippen LogP contribution >= 0.6 is 0 Å². The van der Waals surface area contributed by atoms with Crippen LogP contribution in [0, 0.1) is 5.82 Å². The quantitative estimate of drug-likeness (QED) is 0.234. The standard InChI is InChI=1S/C28H31F4N3O3/c1-20(14-16-37-3)34(15-6-5-7-21(2)38-4)19-27(36,28(30,31)32)23-8-13-26-22(17-23)18-33-35(26)25-11-9-24(29)10-12-25/h6-18,20,36H,5,19H2,1-4H3/b15-6-,16-14+,21-7+. The topological polar surface area (TPSA) is 59.8 Å². The van der Waals surface area contributed by atoms with E-state index in [4.69, 9.17) is 9.47 Å².